The summed E-state index contributed by atoms with van der Waals surface area (Å²) in [6.07, 6.45) is 3.22. The Hall–Kier alpha value is -3.30. The Morgan fingerprint density at radius 2 is 2.25 bits per heavy atom. The first-order chi connectivity index (χ1) is 15.2. The molecule has 0 radical (unpaired) electrons. The number of halogens is 1. The number of nitrogens with one attached hydrogen (secondary N) is 1. The van der Waals surface area contributed by atoms with E-state index >= 15 is 0 Å². The number of benzene rings is 1. The van der Waals surface area contributed by atoms with Gasteiger partial charge in [-0.1, -0.05) is 11.6 Å². The molecular weight excluding hydrogens is 457 g/mol. The number of carbonyl (C=O) groups is 1. The van der Waals surface area contributed by atoms with Crippen LogP contribution < -0.4 is 15.8 Å². The number of sulfonamides is 1. The molecule has 1 aromatic carbocycles. The molecule has 1 aliphatic heterocycles. The van der Waals surface area contributed by atoms with E-state index < -0.39 is 21.8 Å². The van der Waals surface area contributed by atoms with Gasteiger partial charge < -0.3 is 0 Å². The minimum absolute atomic E-state index is 0.186. The number of anilines is 1. The number of aromatic nitrogens is 1. The minimum atomic E-state index is -3.83. The van der Waals surface area contributed by atoms with Crippen LogP contribution in [0.25, 0.3) is 0 Å². The molecule has 1 aliphatic rings. The number of hydrogen-bond donors (Lipinski definition) is 2. The second-order valence-electron chi connectivity index (χ2n) is 6.90. The molecule has 0 bridgehead atoms. The van der Waals surface area contributed by atoms with E-state index in [2.05, 4.69) is 15.0 Å². The molecule has 0 fully saturated rings. The summed E-state index contributed by atoms with van der Waals surface area (Å²) < 4.78 is 36.5. The molecule has 3 rings (SSSR count). The molecule has 0 unspecified atom stereocenters. The molecule has 10 nitrogen and oxygen atoms in total. The van der Waals surface area contributed by atoms with Crippen LogP contribution in [0.15, 0.2) is 36.5 Å². The predicted molar refractivity (Wildman–Crippen MR) is 120 cm³/mol. The first-order valence-electron chi connectivity index (χ1n) is 9.38. The molecule has 3 N–H and O–H groups in total. The van der Waals surface area contributed by atoms with Crippen molar-refractivity contribution in [1.29, 1.82) is 5.26 Å². The predicted octanol–water partition coefficient (Wildman–Crippen LogP) is 1.28. The van der Waals surface area contributed by atoms with E-state index in [1.54, 1.807) is 24.3 Å². The Kier molecular flexibility index (Phi) is 7.22. The van der Waals surface area contributed by atoms with Crippen LogP contribution in [0.3, 0.4) is 0 Å². The van der Waals surface area contributed by atoms with Gasteiger partial charge in [-0.25, -0.2) is 0 Å². The van der Waals surface area contributed by atoms with Crippen LogP contribution in [-0.2, 0) is 14.7 Å². The van der Waals surface area contributed by atoms with E-state index in [-0.39, 0.29) is 17.2 Å². The standard InChI is InChI=1S/C19H19BClN5O5S/c1-26(19(23)20-31-11-22)32(28,29)10-12-6-7-30-17-5-3-14(8-15(12)17)25-18(27)16-4-2-13(21)9-24-16/h2-5,8-9,12H,6-7,10,23H2,1H3,(H,25,27)/t12-/m1/s1. The molecule has 1 aromatic heterocycles. The summed E-state index contributed by atoms with van der Waals surface area (Å²) >= 11 is 5.80. The van der Waals surface area contributed by atoms with Crippen LogP contribution >= 0.6 is 11.6 Å². The molecule has 166 valence electrons. The average molecular weight is 476 g/mol. The zero-order chi connectivity index (χ0) is 23.3. The van der Waals surface area contributed by atoms with Gasteiger partial charge in [0, 0.05) is 6.20 Å². The molecule has 0 saturated carbocycles. The van der Waals surface area contributed by atoms with Crippen LogP contribution in [0.4, 0.5) is 5.69 Å². The molecule has 0 spiro atoms. The SMILES string of the molecule is CN(C(N)=BOC#N)S(=O)(=O)C[C@H]1CCOc2ccc(NC(=O)c3ccc(Cl)cn3)cc21. The van der Waals surface area contributed by atoms with Gasteiger partial charge in [-0.05, 0) is 6.07 Å². The summed E-state index contributed by atoms with van der Waals surface area (Å²) in [7, 11) is -1.70. The van der Waals surface area contributed by atoms with Crippen molar-refractivity contribution in [2.45, 2.75) is 12.3 Å². The van der Waals surface area contributed by atoms with Crippen molar-refractivity contribution in [3.05, 3.63) is 52.8 Å². The van der Waals surface area contributed by atoms with Gasteiger partial charge in [-0.2, -0.15) is 0 Å². The molecule has 1 atom stereocenters. The molecule has 32 heavy (non-hydrogen) atoms. The molecule has 2 heterocycles. The van der Waals surface area contributed by atoms with Gasteiger partial charge in [0.2, 0.25) is 0 Å². The number of amides is 1. The Morgan fingerprint density at radius 1 is 1.47 bits per heavy atom. The molecule has 2 aromatic rings. The number of pyridine rings is 1. The first-order valence-corrected chi connectivity index (χ1v) is 11.4. The Bertz CT molecular complexity index is 1180. The monoisotopic (exact) mass is 475 g/mol. The van der Waals surface area contributed by atoms with E-state index in [9.17, 15) is 13.2 Å². The summed E-state index contributed by atoms with van der Waals surface area (Å²) in [4.78, 5) is 16.4. The van der Waals surface area contributed by atoms with Crippen LogP contribution in [0, 0.1) is 11.5 Å². The van der Waals surface area contributed by atoms with Crippen LogP contribution in [0.2, 0.25) is 5.02 Å². The summed E-state index contributed by atoms with van der Waals surface area (Å²) in [5, 5.41) is 11.6. The average Bonchev–Trinajstić information content (AvgIpc) is 2.77. The number of carbonyl (C=O) groups excluding carboxylic acids is 1. The van der Waals surface area contributed by atoms with Crippen LogP contribution in [0.1, 0.15) is 28.4 Å². The first kappa shape index (κ1) is 23.4. The fraction of sp³-hybridized carbons (Fsp3) is 0.263. The number of ether oxygens (including phenoxy) is 1. The fourth-order valence-corrected chi connectivity index (χ4v) is 4.66. The molecule has 13 heteroatoms. The molecule has 1 amide bonds. The normalized spacial score (nSPS) is 15.4. The Morgan fingerprint density at radius 3 is 2.94 bits per heavy atom. The number of nitriles is 1. The summed E-state index contributed by atoms with van der Waals surface area (Å²) in [5.74, 6) is -0.547. The van der Waals surface area contributed by atoms with Gasteiger partial charge in [0.15, 0.2) is 0 Å². The van der Waals surface area contributed by atoms with Crippen molar-refractivity contribution < 1.29 is 22.6 Å². The zero-order valence-corrected chi connectivity index (χ0v) is 18.6. The van der Waals surface area contributed by atoms with Crippen molar-refractivity contribution in [3.8, 4) is 12.0 Å². The topological polar surface area (TPSA) is 148 Å². The second kappa shape index (κ2) is 9.89. The van der Waals surface area contributed by atoms with Gasteiger partial charge in [-0.15, -0.1) is 0 Å². The van der Waals surface area contributed by atoms with E-state index in [0.29, 0.717) is 35.1 Å². The number of hydrogen-bond acceptors (Lipinski definition) is 8. The molecule has 0 saturated heterocycles. The second-order valence-corrected chi connectivity index (χ2v) is 9.38. The maximum absolute atomic E-state index is 12.8. The quantitative estimate of drug-likeness (QED) is 0.449. The summed E-state index contributed by atoms with van der Waals surface area (Å²) in [5.41, 5.74) is 6.75. The maximum atomic E-state index is 12.8. The third-order valence-corrected chi connectivity index (χ3v) is 6.91. The van der Waals surface area contributed by atoms with Crippen molar-refractivity contribution in [1.82, 2.24) is 9.29 Å². The van der Waals surface area contributed by atoms with Gasteiger partial charge in [0.1, 0.15) is 0 Å². The van der Waals surface area contributed by atoms with Crippen molar-refractivity contribution in [2.24, 2.45) is 5.73 Å². The van der Waals surface area contributed by atoms with Crippen molar-refractivity contribution in [2.75, 3.05) is 24.7 Å². The number of nitrogens with two attached hydrogens (primary N) is 1. The van der Waals surface area contributed by atoms with Crippen molar-refractivity contribution >= 4 is 46.1 Å². The third kappa shape index (κ3) is 5.49. The van der Waals surface area contributed by atoms with E-state index in [1.165, 1.54) is 25.6 Å². The van der Waals surface area contributed by atoms with Gasteiger partial charge in [0.05, 0.1) is 5.02 Å². The number of fused-ring (bicyclic) bond motifs is 1. The Balaban J connectivity index is 1.80. The summed E-state index contributed by atoms with van der Waals surface area (Å²) in [6.45, 7) is 0.347. The van der Waals surface area contributed by atoms with Gasteiger partial charge in [0.25, 0.3) is 0 Å². The third-order valence-electron chi connectivity index (χ3n) is 4.82. The number of nitrogens with zero attached hydrogens (tertiary/aromatic N) is 3. The van der Waals surface area contributed by atoms with Gasteiger partial charge >= 0.3 is 162 Å². The molecular formula is C19H19BClN5O5S. The van der Waals surface area contributed by atoms with Crippen LogP contribution in [-0.4, -0.2) is 55.9 Å². The van der Waals surface area contributed by atoms with E-state index in [0.717, 1.165) is 11.4 Å². The van der Waals surface area contributed by atoms with E-state index in [1.807, 2.05) is 0 Å². The van der Waals surface area contributed by atoms with Crippen LogP contribution in [0.5, 0.6) is 5.75 Å². The molecule has 0 aliphatic carbocycles. The van der Waals surface area contributed by atoms with Gasteiger partial charge in [-0.3, -0.25) is 0 Å². The Labute approximate surface area is 190 Å². The van der Waals surface area contributed by atoms with Crippen molar-refractivity contribution in [3.63, 3.8) is 0 Å². The fourth-order valence-electron chi connectivity index (χ4n) is 3.11. The summed E-state index contributed by atoms with van der Waals surface area (Å²) in [6, 6.07) is 8.08. The van der Waals surface area contributed by atoms with E-state index in [4.69, 9.17) is 27.3 Å². The number of rotatable bonds is 7. The zero-order valence-electron chi connectivity index (χ0n) is 17.0.